The van der Waals surface area contributed by atoms with Crippen molar-refractivity contribution in [3.05, 3.63) is 101 Å². The first-order valence-electron chi connectivity index (χ1n) is 11.5. The van der Waals surface area contributed by atoms with Crippen molar-refractivity contribution < 1.29 is 14.3 Å². The van der Waals surface area contributed by atoms with Crippen molar-refractivity contribution >= 4 is 17.5 Å². The lowest BCUT2D eigenvalue weighted by molar-refractivity contribution is -0.113. The molecule has 5 rings (SSSR count). The molecule has 0 bridgehead atoms. The molecular formula is C27H26N6O3. The number of carbonyl (C=O) groups excluding carboxylic acids is 1. The van der Waals surface area contributed by atoms with E-state index in [1.54, 1.807) is 11.8 Å². The molecular weight excluding hydrogens is 456 g/mol. The molecule has 2 N–H and O–H groups in total. The van der Waals surface area contributed by atoms with E-state index in [1.165, 1.54) is 0 Å². The van der Waals surface area contributed by atoms with E-state index in [2.05, 4.69) is 26.2 Å². The number of hydrogen-bond acceptors (Lipinski definition) is 7. The average Bonchev–Trinajstić information content (AvgIpc) is 3.35. The smallest absolute Gasteiger partial charge is 0.255 e. The van der Waals surface area contributed by atoms with Crippen molar-refractivity contribution in [2.24, 2.45) is 0 Å². The van der Waals surface area contributed by atoms with Crippen LogP contribution in [-0.4, -0.2) is 33.2 Å². The van der Waals surface area contributed by atoms with Crippen LogP contribution in [-0.2, 0) is 11.4 Å². The maximum atomic E-state index is 13.5. The van der Waals surface area contributed by atoms with Crippen LogP contribution in [0, 0.1) is 6.92 Å². The molecule has 1 atom stereocenters. The first-order valence-corrected chi connectivity index (χ1v) is 11.5. The largest absolute Gasteiger partial charge is 0.493 e. The van der Waals surface area contributed by atoms with E-state index in [0.717, 1.165) is 16.7 Å². The minimum Gasteiger partial charge on any atom is -0.493 e. The van der Waals surface area contributed by atoms with Gasteiger partial charge >= 0.3 is 0 Å². The summed E-state index contributed by atoms with van der Waals surface area (Å²) in [4.78, 5) is 13.5. The standard InChI is InChI=1S/C27H26N6O3/c1-17-8-7-11-21(14-17)29-26(34)24-18(2)28-27-30-31-32-33(27)25(24)20-12-13-22(23(15-20)35-3)36-16-19-9-5-4-6-10-19/h4-15,25H,16H2,1-3H3,(H,29,34)(H,28,30,32). The van der Waals surface area contributed by atoms with Gasteiger partial charge < -0.3 is 20.1 Å². The summed E-state index contributed by atoms with van der Waals surface area (Å²) < 4.78 is 13.3. The van der Waals surface area contributed by atoms with Gasteiger partial charge in [-0.15, -0.1) is 0 Å². The molecule has 0 saturated heterocycles. The predicted molar refractivity (Wildman–Crippen MR) is 136 cm³/mol. The van der Waals surface area contributed by atoms with Gasteiger partial charge in [-0.05, 0) is 65.2 Å². The molecule has 9 nitrogen and oxygen atoms in total. The summed E-state index contributed by atoms with van der Waals surface area (Å²) in [7, 11) is 1.59. The van der Waals surface area contributed by atoms with Gasteiger partial charge in [0.15, 0.2) is 11.5 Å². The highest BCUT2D eigenvalue weighted by molar-refractivity contribution is 6.06. The first-order chi connectivity index (χ1) is 17.5. The Morgan fingerprint density at radius 3 is 2.64 bits per heavy atom. The Balaban J connectivity index is 1.48. The number of allylic oxidation sites excluding steroid dienone is 1. The lowest BCUT2D eigenvalue weighted by Crippen LogP contribution is -2.31. The van der Waals surface area contributed by atoms with Gasteiger partial charge in [-0.3, -0.25) is 4.79 Å². The molecule has 3 aromatic carbocycles. The Morgan fingerprint density at radius 2 is 1.86 bits per heavy atom. The Bertz CT molecular complexity index is 1430. The van der Waals surface area contributed by atoms with Crippen molar-refractivity contribution in [3.63, 3.8) is 0 Å². The van der Waals surface area contributed by atoms with Crippen LogP contribution in [0.4, 0.5) is 11.6 Å². The Kier molecular flexibility index (Phi) is 6.36. The normalized spacial score (nSPS) is 14.6. The van der Waals surface area contributed by atoms with Gasteiger partial charge in [-0.25, -0.2) is 0 Å². The number of hydrogen-bond donors (Lipinski definition) is 2. The van der Waals surface area contributed by atoms with Crippen LogP contribution in [0.2, 0.25) is 0 Å². The van der Waals surface area contributed by atoms with E-state index < -0.39 is 6.04 Å². The molecule has 4 aromatic rings. The summed E-state index contributed by atoms with van der Waals surface area (Å²) in [5.41, 5.74) is 4.75. The number of methoxy groups -OCH3 is 1. The molecule has 2 heterocycles. The molecule has 1 aliphatic heterocycles. The fourth-order valence-corrected chi connectivity index (χ4v) is 4.24. The summed E-state index contributed by atoms with van der Waals surface area (Å²) in [6.07, 6.45) is 0. The van der Waals surface area contributed by atoms with Crippen LogP contribution < -0.4 is 20.1 Å². The summed E-state index contributed by atoms with van der Waals surface area (Å²) in [5, 5.41) is 18.2. The molecule has 1 aromatic heterocycles. The molecule has 0 radical (unpaired) electrons. The topological polar surface area (TPSA) is 103 Å². The van der Waals surface area contributed by atoms with Crippen molar-refractivity contribution in [2.75, 3.05) is 17.7 Å². The first kappa shape index (κ1) is 23.1. The van der Waals surface area contributed by atoms with Crippen molar-refractivity contribution in [3.8, 4) is 11.5 Å². The highest BCUT2D eigenvalue weighted by Gasteiger charge is 2.34. The lowest BCUT2D eigenvalue weighted by atomic mass is 9.94. The molecule has 182 valence electrons. The third-order valence-corrected chi connectivity index (χ3v) is 5.98. The molecule has 36 heavy (non-hydrogen) atoms. The second-order valence-corrected chi connectivity index (χ2v) is 8.52. The number of fused-ring (bicyclic) bond motifs is 1. The molecule has 9 heteroatoms. The van der Waals surface area contributed by atoms with Crippen LogP contribution in [0.3, 0.4) is 0 Å². The van der Waals surface area contributed by atoms with Gasteiger partial charge in [0, 0.05) is 11.4 Å². The van der Waals surface area contributed by atoms with E-state index in [1.807, 2.05) is 86.6 Å². The van der Waals surface area contributed by atoms with Gasteiger partial charge in [-0.1, -0.05) is 53.6 Å². The van der Waals surface area contributed by atoms with Crippen LogP contribution in [0.1, 0.15) is 29.7 Å². The van der Waals surface area contributed by atoms with Crippen molar-refractivity contribution in [1.29, 1.82) is 0 Å². The Morgan fingerprint density at radius 1 is 1.03 bits per heavy atom. The van der Waals surface area contributed by atoms with E-state index >= 15 is 0 Å². The summed E-state index contributed by atoms with van der Waals surface area (Å²) >= 11 is 0. The number of carbonyl (C=O) groups is 1. The van der Waals surface area contributed by atoms with E-state index in [-0.39, 0.29) is 5.91 Å². The summed E-state index contributed by atoms with van der Waals surface area (Å²) in [6, 6.07) is 22.6. The third-order valence-electron chi connectivity index (χ3n) is 5.98. The predicted octanol–water partition coefficient (Wildman–Crippen LogP) is 4.50. The van der Waals surface area contributed by atoms with Crippen LogP contribution in [0.5, 0.6) is 11.5 Å². The number of aryl methyl sites for hydroxylation is 1. The van der Waals surface area contributed by atoms with Crippen molar-refractivity contribution in [1.82, 2.24) is 20.2 Å². The van der Waals surface area contributed by atoms with Gasteiger partial charge in [0.05, 0.1) is 12.7 Å². The molecule has 0 aliphatic carbocycles. The van der Waals surface area contributed by atoms with Gasteiger partial charge in [0.25, 0.3) is 5.91 Å². The Labute approximate surface area is 208 Å². The van der Waals surface area contributed by atoms with Gasteiger partial charge in [-0.2, -0.15) is 4.68 Å². The van der Waals surface area contributed by atoms with E-state index in [9.17, 15) is 4.79 Å². The van der Waals surface area contributed by atoms with E-state index in [4.69, 9.17) is 9.47 Å². The second kappa shape index (κ2) is 9.91. The summed E-state index contributed by atoms with van der Waals surface area (Å²) in [6.45, 7) is 4.22. The Hall–Kier alpha value is -4.66. The zero-order valence-corrected chi connectivity index (χ0v) is 20.2. The number of benzene rings is 3. The average molecular weight is 483 g/mol. The molecule has 0 saturated carbocycles. The number of ether oxygens (including phenoxy) is 2. The van der Waals surface area contributed by atoms with Crippen molar-refractivity contribution in [2.45, 2.75) is 26.5 Å². The molecule has 0 fully saturated rings. The zero-order chi connectivity index (χ0) is 25.1. The second-order valence-electron chi connectivity index (χ2n) is 8.52. The maximum Gasteiger partial charge on any atom is 0.255 e. The highest BCUT2D eigenvalue weighted by Crippen LogP contribution is 2.38. The SMILES string of the molecule is COc1cc(C2C(C(=O)Nc3cccc(C)c3)=C(C)Nc3nnnn32)ccc1OCc1ccccc1. The van der Waals surface area contributed by atoms with Crippen LogP contribution in [0.25, 0.3) is 0 Å². The molecule has 1 aliphatic rings. The minimum atomic E-state index is -0.571. The van der Waals surface area contributed by atoms with Crippen LogP contribution >= 0.6 is 0 Å². The van der Waals surface area contributed by atoms with E-state index in [0.29, 0.717) is 41.0 Å². The number of nitrogens with one attached hydrogen (secondary N) is 2. The number of tetrazole rings is 1. The number of aromatic nitrogens is 4. The maximum absolute atomic E-state index is 13.5. The minimum absolute atomic E-state index is 0.250. The number of nitrogens with zero attached hydrogens (tertiary/aromatic N) is 4. The van der Waals surface area contributed by atoms with Crippen LogP contribution in [0.15, 0.2) is 84.1 Å². The summed E-state index contributed by atoms with van der Waals surface area (Å²) in [5.74, 6) is 1.35. The number of rotatable bonds is 7. The molecule has 0 spiro atoms. The third kappa shape index (κ3) is 4.63. The molecule has 1 unspecified atom stereocenters. The van der Waals surface area contributed by atoms with Gasteiger partial charge in [0.1, 0.15) is 12.6 Å². The quantitative estimate of drug-likeness (QED) is 0.400. The molecule has 1 amide bonds. The highest BCUT2D eigenvalue weighted by atomic mass is 16.5. The fraction of sp³-hybridized carbons (Fsp3) is 0.185. The lowest BCUT2D eigenvalue weighted by Gasteiger charge is -2.28. The number of anilines is 2. The fourth-order valence-electron chi connectivity index (χ4n) is 4.24. The number of amides is 1. The monoisotopic (exact) mass is 482 g/mol. The zero-order valence-electron chi connectivity index (χ0n) is 20.2. The van der Waals surface area contributed by atoms with Gasteiger partial charge in [0.2, 0.25) is 5.95 Å².